The summed E-state index contributed by atoms with van der Waals surface area (Å²) < 4.78 is 11.0. The Labute approximate surface area is 169 Å². The highest BCUT2D eigenvalue weighted by molar-refractivity contribution is 5.96. The monoisotopic (exact) mass is 389 g/mol. The Kier molecular flexibility index (Phi) is 5.12. The van der Waals surface area contributed by atoms with Crippen LogP contribution in [0.15, 0.2) is 47.1 Å². The third kappa shape index (κ3) is 3.76. The zero-order valence-electron chi connectivity index (χ0n) is 16.9. The molecule has 0 spiro atoms. The number of nitrogens with zero attached hydrogens (tertiary/aromatic N) is 4. The Balaban J connectivity index is 1.80. The molecule has 3 aromatic heterocycles. The second-order valence-electron chi connectivity index (χ2n) is 7.15. The second-order valence-corrected chi connectivity index (χ2v) is 7.15. The van der Waals surface area contributed by atoms with Crippen molar-refractivity contribution in [3.05, 3.63) is 59.7 Å². The molecule has 29 heavy (non-hydrogen) atoms. The number of aryl methyl sites for hydroxylation is 1. The van der Waals surface area contributed by atoms with Gasteiger partial charge in [0.05, 0.1) is 18.4 Å². The highest BCUT2D eigenvalue weighted by atomic mass is 16.5. The maximum atomic E-state index is 5.54. The zero-order chi connectivity index (χ0) is 20.4. The molecular weight excluding hydrogens is 366 g/mol. The Morgan fingerprint density at radius 2 is 1.93 bits per heavy atom. The lowest BCUT2D eigenvalue weighted by Crippen LogP contribution is -2.05. The van der Waals surface area contributed by atoms with Gasteiger partial charge in [-0.1, -0.05) is 37.2 Å². The van der Waals surface area contributed by atoms with E-state index in [1.807, 2.05) is 57.2 Å². The minimum atomic E-state index is 0.176. The highest BCUT2D eigenvalue weighted by Gasteiger charge is 2.18. The molecule has 0 saturated carbocycles. The predicted molar refractivity (Wildman–Crippen MR) is 112 cm³/mol. The molecule has 0 bridgehead atoms. The summed E-state index contributed by atoms with van der Waals surface area (Å²) in [7, 11) is 1.67. The zero-order valence-corrected chi connectivity index (χ0v) is 16.9. The van der Waals surface area contributed by atoms with Crippen molar-refractivity contribution in [2.75, 3.05) is 12.4 Å². The smallest absolute Gasteiger partial charge is 0.261 e. The summed E-state index contributed by atoms with van der Waals surface area (Å²) in [4.78, 5) is 13.6. The summed E-state index contributed by atoms with van der Waals surface area (Å²) in [5, 5.41) is 8.51. The molecule has 0 amide bonds. The number of pyridine rings is 2. The summed E-state index contributed by atoms with van der Waals surface area (Å²) in [5.74, 6) is 2.10. The van der Waals surface area contributed by atoms with Crippen LogP contribution < -0.4 is 10.1 Å². The summed E-state index contributed by atoms with van der Waals surface area (Å²) in [6.07, 6.45) is 1.73. The molecule has 7 nitrogen and oxygen atoms in total. The van der Waals surface area contributed by atoms with Crippen LogP contribution in [0.5, 0.6) is 5.75 Å². The summed E-state index contributed by atoms with van der Waals surface area (Å²) in [6, 6.07) is 11.9. The lowest BCUT2D eigenvalue weighted by Gasteiger charge is -2.14. The van der Waals surface area contributed by atoms with Gasteiger partial charge in [-0.15, -0.1) is 0 Å². The quantitative estimate of drug-likeness (QED) is 0.510. The number of nitrogens with one attached hydrogen (secondary N) is 1. The number of aromatic nitrogens is 4. The maximum Gasteiger partial charge on any atom is 0.261 e. The van der Waals surface area contributed by atoms with Crippen LogP contribution in [-0.2, 0) is 6.54 Å². The van der Waals surface area contributed by atoms with E-state index in [1.165, 1.54) is 0 Å². The van der Waals surface area contributed by atoms with Crippen molar-refractivity contribution in [2.45, 2.75) is 33.2 Å². The Bertz CT molecular complexity index is 1150. The topological polar surface area (TPSA) is 86.0 Å². The lowest BCUT2D eigenvalue weighted by molar-refractivity contribution is 0.410. The minimum Gasteiger partial charge on any atom is -0.496 e. The molecule has 0 saturated heterocycles. The van der Waals surface area contributed by atoms with Crippen LogP contribution in [0.1, 0.15) is 36.8 Å². The highest BCUT2D eigenvalue weighted by Crippen LogP contribution is 2.33. The Morgan fingerprint density at radius 3 is 2.69 bits per heavy atom. The van der Waals surface area contributed by atoms with E-state index in [-0.39, 0.29) is 5.92 Å². The maximum absolute atomic E-state index is 5.54. The molecule has 0 aliphatic rings. The molecule has 4 rings (SSSR count). The van der Waals surface area contributed by atoms with E-state index in [0.717, 1.165) is 33.6 Å². The first-order valence-corrected chi connectivity index (χ1v) is 9.53. The first-order chi connectivity index (χ1) is 14.1. The van der Waals surface area contributed by atoms with Gasteiger partial charge < -0.3 is 14.6 Å². The predicted octanol–water partition coefficient (Wildman–Crippen LogP) is 4.73. The summed E-state index contributed by atoms with van der Waals surface area (Å²) >= 11 is 0. The van der Waals surface area contributed by atoms with Gasteiger partial charge in [-0.25, -0.2) is 9.97 Å². The van der Waals surface area contributed by atoms with Crippen LogP contribution in [0, 0.1) is 6.92 Å². The third-order valence-electron chi connectivity index (χ3n) is 4.71. The van der Waals surface area contributed by atoms with Gasteiger partial charge in [-0.2, -0.15) is 4.98 Å². The summed E-state index contributed by atoms with van der Waals surface area (Å²) in [6.45, 7) is 6.57. The molecule has 4 aromatic rings. The number of ether oxygens (including phenoxy) is 1. The van der Waals surface area contributed by atoms with Crippen molar-refractivity contribution in [3.8, 4) is 17.2 Å². The SMILES string of the molecule is COc1ccccc1CNc1c(-c2nc(C(C)C)no2)cnc2nc(C)ccc12. The van der Waals surface area contributed by atoms with Crippen LogP contribution in [-0.4, -0.2) is 27.2 Å². The van der Waals surface area contributed by atoms with E-state index in [0.29, 0.717) is 23.9 Å². The average molecular weight is 389 g/mol. The van der Waals surface area contributed by atoms with Gasteiger partial charge in [0, 0.05) is 35.3 Å². The van der Waals surface area contributed by atoms with Gasteiger partial charge in [0.2, 0.25) is 0 Å². The van der Waals surface area contributed by atoms with Crippen molar-refractivity contribution < 1.29 is 9.26 Å². The molecule has 0 atom stereocenters. The molecule has 1 N–H and O–H groups in total. The van der Waals surface area contributed by atoms with Gasteiger partial charge in [0.25, 0.3) is 5.89 Å². The molecular formula is C22H23N5O2. The molecule has 148 valence electrons. The van der Waals surface area contributed by atoms with Crippen molar-refractivity contribution in [1.82, 2.24) is 20.1 Å². The van der Waals surface area contributed by atoms with E-state index in [4.69, 9.17) is 9.26 Å². The minimum absolute atomic E-state index is 0.176. The molecule has 0 aliphatic carbocycles. The number of fused-ring (bicyclic) bond motifs is 1. The summed E-state index contributed by atoms with van der Waals surface area (Å²) in [5.41, 5.74) is 4.22. The Hall–Kier alpha value is -3.48. The fourth-order valence-corrected chi connectivity index (χ4v) is 3.14. The van der Waals surface area contributed by atoms with Gasteiger partial charge >= 0.3 is 0 Å². The first-order valence-electron chi connectivity index (χ1n) is 9.53. The standard InChI is InChI=1S/C22H23N5O2/c1-13(2)20-26-22(29-27-20)17-12-24-21-16(10-9-14(3)25-21)19(17)23-11-15-7-5-6-8-18(15)28-4/h5-10,12-13H,11H2,1-4H3,(H,23,24,25). The van der Waals surface area contributed by atoms with E-state index in [9.17, 15) is 0 Å². The molecule has 1 aromatic carbocycles. The van der Waals surface area contributed by atoms with Crippen molar-refractivity contribution >= 4 is 16.7 Å². The number of rotatable bonds is 6. The Morgan fingerprint density at radius 1 is 1.10 bits per heavy atom. The van der Waals surface area contributed by atoms with Crippen LogP contribution in [0.25, 0.3) is 22.5 Å². The van der Waals surface area contributed by atoms with Gasteiger partial charge in [-0.3, -0.25) is 0 Å². The van der Waals surface area contributed by atoms with Crippen molar-refractivity contribution in [1.29, 1.82) is 0 Å². The largest absolute Gasteiger partial charge is 0.496 e. The number of hydrogen-bond donors (Lipinski definition) is 1. The van der Waals surface area contributed by atoms with Crippen molar-refractivity contribution in [3.63, 3.8) is 0 Å². The molecule has 7 heteroatoms. The van der Waals surface area contributed by atoms with Crippen LogP contribution in [0.3, 0.4) is 0 Å². The van der Waals surface area contributed by atoms with Crippen LogP contribution in [0.2, 0.25) is 0 Å². The lowest BCUT2D eigenvalue weighted by atomic mass is 10.1. The van der Waals surface area contributed by atoms with E-state index in [2.05, 4.69) is 25.4 Å². The molecule has 0 aliphatic heterocycles. The van der Waals surface area contributed by atoms with E-state index < -0.39 is 0 Å². The fraction of sp³-hybridized carbons (Fsp3) is 0.273. The number of anilines is 1. The van der Waals surface area contributed by atoms with Crippen molar-refractivity contribution in [2.24, 2.45) is 0 Å². The normalized spacial score (nSPS) is 11.2. The van der Waals surface area contributed by atoms with Gasteiger partial charge in [0.1, 0.15) is 5.75 Å². The van der Waals surface area contributed by atoms with E-state index in [1.54, 1.807) is 13.3 Å². The number of para-hydroxylation sites is 1. The average Bonchev–Trinajstić information content (AvgIpc) is 3.22. The molecule has 0 radical (unpaired) electrons. The van der Waals surface area contributed by atoms with Crippen LogP contribution >= 0.6 is 0 Å². The molecule has 0 unspecified atom stereocenters. The van der Waals surface area contributed by atoms with Gasteiger partial charge in [-0.05, 0) is 25.1 Å². The fourth-order valence-electron chi connectivity index (χ4n) is 3.14. The molecule has 0 fully saturated rings. The first kappa shape index (κ1) is 18.9. The number of benzene rings is 1. The molecule has 3 heterocycles. The second kappa shape index (κ2) is 7.87. The van der Waals surface area contributed by atoms with E-state index >= 15 is 0 Å². The van der Waals surface area contributed by atoms with Crippen LogP contribution in [0.4, 0.5) is 5.69 Å². The van der Waals surface area contributed by atoms with Gasteiger partial charge in [0.15, 0.2) is 11.5 Å². The third-order valence-corrected chi connectivity index (χ3v) is 4.71. The number of methoxy groups -OCH3 is 1. The number of hydrogen-bond acceptors (Lipinski definition) is 7.